The maximum absolute atomic E-state index is 12.7. The molecule has 0 radical (unpaired) electrons. The lowest BCUT2D eigenvalue weighted by molar-refractivity contribution is -0.133. The lowest BCUT2D eigenvalue weighted by Gasteiger charge is -2.32. The van der Waals surface area contributed by atoms with Crippen LogP contribution in [0.15, 0.2) is 0 Å². The minimum absolute atomic E-state index is 0.0323. The fourth-order valence-corrected chi connectivity index (χ4v) is 3.94. The molecule has 1 fully saturated rings. The molecule has 0 bridgehead atoms. The van der Waals surface area contributed by atoms with Gasteiger partial charge in [-0.2, -0.15) is 0 Å². The molecule has 2 atom stereocenters. The molecule has 0 saturated carbocycles. The van der Waals surface area contributed by atoms with Crippen LogP contribution in [0.4, 0.5) is 0 Å². The van der Waals surface area contributed by atoms with Crippen molar-refractivity contribution in [3.8, 4) is 0 Å². The molecule has 20 heavy (non-hydrogen) atoms. The van der Waals surface area contributed by atoms with Gasteiger partial charge in [-0.1, -0.05) is 13.8 Å². The van der Waals surface area contributed by atoms with Gasteiger partial charge in [-0.15, -0.1) is 11.3 Å². The molecular weight excluding hydrogens is 270 g/mol. The number of hydrogen-bond donors (Lipinski definition) is 2. The van der Waals surface area contributed by atoms with E-state index in [4.69, 9.17) is 0 Å². The summed E-state index contributed by atoms with van der Waals surface area (Å²) in [4.78, 5) is 18.4. The SMILES string of the molecule is Cc1nc(C)c(C(C)NC(=O)C2(C(C)C)CCNC2)s1. The first-order valence-corrected chi connectivity index (χ1v) is 8.14. The van der Waals surface area contributed by atoms with Crippen LogP contribution in [-0.2, 0) is 4.79 Å². The molecule has 2 N–H and O–H groups in total. The van der Waals surface area contributed by atoms with E-state index in [9.17, 15) is 4.79 Å². The van der Waals surface area contributed by atoms with Crippen LogP contribution in [0.5, 0.6) is 0 Å². The van der Waals surface area contributed by atoms with Gasteiger partial charge in [-0.3, -0.25) is 4.79 Å². The van der Waals surface area contributed by atoms with Crippen LogP contribution >= 0.6 is 11.3 Å². The summed E-state index contributed by atoms with van der Waals surface area (Å²) in [5.74, 6) is 0.518. The first-order chi connectivity index (χ1) is 9.36. The summed E-state index contributed by atoms with van der Waals surface area (Å²) in [5.41, 5.74) is 0.769. The number of rotatable bonds is 4. The van der Waals surface area contributed by atoms with Gasteiger partial charge in [0.2, 0.25) is 5.91 Å². The monoisotopic (exact) mass is 295 g/mol. The van der Waals surface area contributed by atoms with E-state index in [2.05, 4.69) is 29.5 Å². The van der Waals surface area contributed by atoms with Crippen LogP contribution in [0.2, 0.25) is 0 Å². The van der Waals surface area contributed by atoms with E-state index in [1.165, 1.54) is 4.88 Å². The molecule has 1 aromatic rings. The van der Waals surface area contributed by atoms with E-state index in [-0.39, 0.29) is 17.4 Å². The van der Waals surface area contributed by atoms with Crippen LogP contribution in [-0.4, -0.2) is 24.0 Å². The summed E-state index contributed by atoms with van der Waals surface area (Å²) >= 11 is 1.67. The highest BCUT2D eigenvalue weighted by molar-refractivity contribution is 7.11. The van der Waals surface area contributed by atoms with Gasteiger partial charge in [0.25, 0.3) is 0 Å². The Kier molecular flexibility index (Phi) is 4.49. The molecule has 1 aliphatic rings. The highest BCUT2D eigenvalue weighted by Crippen LogP contribution is 2.35. The molecule has 0 aliphatic carbocycles. The normalized spacial score (nSPS) is 24.1. The van der Waals surface area contributed by atoms with Gasteiger partial charge in [-0.25, -0.2) is 4.98 Å². The maximum atomic E-state index is 12.7. The summed E-state index contributed by atoms with van der Waals surface area (Å²) < 4.78 is 0. The van der Waals surface area contributed by atoms with Gasteiger partial charge in [0.1, 0.15) is 0 Å². The second-order valence-electron chi connectivity index (χ2n) is 6.12. The first kappa shape index (κ1) is 15.4. The van der Waals surface area contributed by atoms with Crippen LogP contribution < -0.4 is 10.6 Å². The Morgan fingerprint density at radius 3 is 2.55 bits per heavy atom. The van der Waals surface area contributed by atoms with Gasteiger partial charge in [0, 0.05) is 11.4 Å². The quantitative estimate of drug-likeness (QED) is 0.897. The van der Waals surface area contributed by atoms with Gasteiger partial charge in [0.05, 0.1) is 22.2 Å². The van der Waals surface area contributed by atoms with Crippen molar-refractivity contribution in [3.63, 3.8) is 0 Å². The topological polar surface area (TPSA) is 54.0 Å². The standard InChI is InChI=1S/C15H25N3OS/c1-9(2)15(6-7-16-8-15)14(19)18-11(4)13-10(3)17-12(5)20-13/h9,11,16H,6-8H2,1-5H3,(H,18,19). The van der Waals surface area contributed by atoms with Crippen LogP contribution in [0.1, 0.15) is 48.8 Å². The number of nitrogens with zero attached hydrogens (tertiary/aromatic N) is 1. The molecule has 2 heterocycles. The lowest BCUT2D eigenvalue weighted by atomic mass is 9.75. The summed E-state index contributed by atoms with van der Waals surface area (Å²) in [6.07, 6.45) is 0.921. The Balaban J connectivity index is 2.12. The molecule has 1 amide bonds. The van der Waals surface area contributed by atoms with Crippen molar-refractivity contribution in [2.24, 2.45) is 11.3 Å². The molecule has 0 spiro atoms. The molecule has 4 nitrogen and oxygen atoms in total. The highest BCUT2D eigenvalue weighted by Gasteiger charge is 2.44. The van der Waals surface area contributed by atoms with Gasteiger partial charge < -0.3 is 10.6 Å². The van der Waals surface area contributed by atoms with Gasteiger partial charge >= 0.3 is 0 Å². The number of thiazole rings is 1. The summed E-state index contributed by atoms with van der Waals surface area (Å²) in [6.45, 7) is 12.1. The Morgan fingerprint density at radius 2 is 2.10 bits per heavy atom. The van der Waals surface area contributed by atoms with Crippen LogP contribution in [0.25, 0.3) is 0 Å². The molecule has 2 unspecified atom stereocenters. The smallest absolute Gasteiger partial charge is 0.228 e. The summed E-state index contributed by atoms with van der Waals surface area (Å²) in [6, 6.07) is 0.0323. The van der Waals surface area contributed by atoms with Crippen LogP contribution in [0.3, 0.4) is 0 Å². The number of carbonyl (C=O) groups excluding carboxylic acids is 1. The number of hydrogen-bond acceptors (Lipinski definition) is 4. The zero-order valence-corrected chi connectivity index (χ0v) is 13.9. The molecule has 2 rings (SSSR count). The fourth-order valence-electron chi connectivity index (χ4n) is 3.01. The molecule has 1 aromatic heterocycles. The van der Waals surface area contributed by atoms with Crippen molar-refractivity contribution in [2.75, 3.05) is 13.1 Å². The van der Waals surface area contributed by atoms with E-state index in [1.807, 2.05) is 20.8 Å². The molecular formula is C15H25N3OS. The summed E-state index contributed by atoms with van der Waals surface area (Å²) in [5, 5.41) is 7.59. The van der Waals surface area contributed by atoms with Gasteiger partial charge in [0.15, 0.2) is 0 Å². The zero-order valence-electron chi connectivity index (χ0n) is 13.0. The van der Waals surface area contributed by atoms with E-state index < -0.39 is 0 Å². The number of nitrogens with one attached hydrogen (secondary N) is 2. The third-order valence-electron chi connectivity index (χ3n) is 4.43. The van der Waals surface area contributed by atoms with E-state index >= 15 is 0 Å². The molecule has 1 aliphatic heterocycles. The number of aromatic nitrogens is 1. The lowest BCUT2D eigenvalue weighted by Crippen LogP contribution is -2.46. The molecule has 112 valence electrons. The third-order valence-corrected chi connectivity index (χ3v) is 5.68. The summed E-state index contributed by atoms with van der Waals surface area (Å²) in [7, 11) is 0. The largest absolute Gasteiger partial charge is 0.348 e. The fraction of sp³-hybridized carbons (Fsp3) is 0.733. The van der Waals surface area contributed by atoms with Gasteiger partial charge in [-0.05, 0) is 39.7 Å². The predicted molar refractivity (Wildman–Crippen MR) is 82.9 cm³/mol. The first-order valence-electron chi connectivity index (χ1n) is 7.32. The predicted octanol–water partition coefficient (Wildman–Crippen LogP) is 2.57. The van der Waals surface area contributed by atoms with Crippen molar-refractivity contribution < 1.29 is 4.79 Å². The second-order valence-corrected chi connectivity index (χ2v) is 7.35. The van der Waals surface area contributed by atoms with E-state index in [0.717, 1.165) is 30.2 Å². The van der Waals surface area contributed by atoms with E-state index in [0.29, 0.717) is 5.92 Å². The molecule has 0 aromatic carbocycles. The maximum Gasteiger partial charge on any atom is 0.228 e. The molecule has 1 saturated heterocycles. The average molecular weight is 295 g/mol. The Hall–Kier alpha value is -0.940. The van der Waals surface area contributed by atoms with Crippen LogP contribution in [0, 0.1) is 25.2 Å². The number of carbonyl (C=O) groups is 1. The average Bonchev–Trinajstić information content (AvgIpc) is 2.96. The van der Waals surface area contributed by atoms with Crippen molar-refractivity contribution in [3.05, 3.63) is 15.6 Å². The number of aryl methyl sites for hydroxylation is 2. The minimum Gasteiger partial charge on any atom is -0.348 e. The Labute approximate surface area is 125 Å². The van der Waals surface area contributed by atoms with Crippen molar-refractivity contribution in [1.29, 1.82) is 0 Å². The Bertz CT molecular complexity index is 489. The zero-order chi connectivity index (χ0) is 14.9. The van der Waals surface area contributed by atoms with Crippen molar-refractivity contribution in [1.82, 2.24) is 15.6 Å². The minimum atomic E-state index is -0.262. The highest BCUT2D eigenvalue weighted by atomic mass is 32.1. The van der Waals surface area contributed by atoms with E-state index in [1.54, 1.807) is 11.3 Å². The third kappa shape index (κ3) is 2.74. The second kappa shape index (κ2) is 5.82. The number of amides is 1. The molecule has 5 heteroatoms. The van der Waals surface area contributed by atoms with Crippen molar-refractivity contribution >= 4 is 17.2 Å². The Morgan fingerprint density at radius 1 is 1.40 bits per heavy atom. The van der Waals surface area contributed by atoms with Crippen molar-refractivity contribution in [2.45, 2.75) is 47.1 Å².